The van der Waals surface area contributed by atoms with Crippen LogP contribution in [-0.2, 0) is 5.41 Å². The summed E-state index contributed by atoms with van der Waals surface area (Å²) in [6.07, 6.45) is 0. The van der Waals surface area contributed by atoms with E-state index in [0.717, 1.165) is 0 Å². The Balaban J connectivity index is 3.34. The molecule has 1 N–H and O–H groups in total. The summed E-state index contributed by atoms with van der Waals surface area (Å²) in [5.41, 5.74) is 0.188. The molecule has 1 aromatic carbocycles. The summed E-state index contributed by atoms with van der Waals surface area (Å²) in [7, 11) is 0. The summed E-state index contributed by atoms with van der Waals surface area (Å²) in [5.74, 6) is -0.994. The fourth-order valence-electron chi connectivity index (χ4n) is 1.14. The van der Waals surface area contributed by atoms with Crippen LogP contribution < -0.4 is 0 Å². The van der Waals surface area contributed by atoms with Crippen molar-refractivity contribution in [2.45, 2.75) is 19.3 Å². The minimum Gasteiger partial charge on any atom is -0.478 e. The summed E-state index contributed by atoms with van der Waals surface area (Å²) in [5, 5.41) is 17.8. The van der Waals surface area contributed by atoms with Crippen LogP contribution in [0.25, 0.3) is 0 Å². The van der Waals surface area contributed by atoms with Gasteiger partial charge in [-0.3, -0.25) is 0 Å². The number of halogens is 1. The summed E-state index contributed by atoms with van der Waals surface area (Å²) in [6.45, 7) is 3.50. The molecular weight excluding hydrogens is 258 g/mol. The highest BCUT2D eigenvalue weighted by Crippen LogP contribution is 2.26. The number of nitrogens with zero attached hydrogens (tertiary/aromatic N) is 1. The predicted molar refractivity (Wildman–Crippen MR) is 59.7 cm³/mol. The van der Waals surface area contributed by atoms with E-state index in [1.807, 2.05) is 0 Å². The Morgan fingerprint density at radius 2 is 2.07 bits per heavy atom. The fraction of sp³-hybridized carbons (Fsp3) is 0.273. The summed E-state index contributed by atoms with van der Waals surface area (Å²) in [6, 6.07) is 6.93. The highest BCUT2D eigenvalue weighted by atomic mass is 79.9. The van der Waals surface area contributed by atoms with Crippen LogP contribution in [0.2, 0.25) is 0 Å². The molecular formula is C11H10BrNO2. The van der Waals surface area contributed by atoms with Crippen LogP contribution in [0.1, 0.15) is 29.8 Å². The van der Waals surface area contributed by atoms with E-state index in [2.05, 4.69) is 22.0 Å². The van der Waals surface area contributed by atoms with Crippen molar-refractivity contribution >= 4 is 21.9 Å². The molecule has 0 radical (unpaired) electrons. The number of carbonyl (C=O) groups is 1. The molecule has 78 valence electrons. The molecule has 0 fully saturated rings. The van der Waals surface area contributed by atoms with E-state index in [0.29, 0.717) is 10.0 Å². The van der Waals surface area contributed by atoms with Gasteiger partial charge in [-0.05, 0) is 37.6 Å². The van der Waals surface area contributed by atoms with Crippen molar-refractivity contribution in [1.29, 1.82) is 5.26 Å². The van der Waals surface area contributed by atoms with Gasteiger partial charge in [0.05, 0.1) is 17.0 Å². The molecule has 3 nitrogen and oxygen atoms in total. The second-order valence-electron chi connectivity index (χ2n) is 3.77. The number of carboxylic acid groups (broad SMARTS) is 1. The van der Waals surface area contributed by atoms with E-state index in [9.17, 15) is 4.79 Å². The van der Waals surface area contributed by atoms with E-state index in [1.165, 1.54) is 12.1 Å². The Kier molecular flexibility index (Phi) is 3.15. The van der Waals surface area contributed by atoms with E-state index in [-0.39, 0.29) is 5.56 Å². The first-order valence-corrected chi connectivity index (χ1v) is 5.12. The SMILES string of the molecule is CC(C)(C#N)c1cc(Br)cc(C(=O)O)c1. The molecule has 0 aromatic heterocycles. The van der Waals surface area contributed by atoms with Crippen molar-refractivity contribution in [1.82, 2.24) is 0 Å². The summed E-state index contributed by atoms with van der Waals surface area (Å²) >= 11 is 3.23. The van der Waals surface area contributed by atoms with Gasteiger partial charge < -0.3 is 5.11 Å². The molecule has 0 heterocycles. The lowest BCUT2D eigenvalue weighted by Gasteiger charge is -2.16. The lowest BCUT2D eigenvalue weighted by Crippen LogP contribution is -2.14. The van der Waals surface area contributed by atoms with Gasteiger partial charge in [0.1, 0.15) is 0 Å². The van der Waals surface area contributed by atoms with E-state index < -0.39 is 11.4 Å². The van der Waals surface area contributed by atoms with Crippen LogP contribution in [0.5, 0.6) is 0 Å². The molecule has 15 heavy (non-hydrogen) atoms. The zero-order chi connectivity index (χ0) is 11.6. The number of rotatable bonds is 2. The van der Waals surface area contributed by atoms with E-state index in [4.69, 9.17) is 10.4 Å². The molecule has 0 aliphatic carbocycles. The molecule has 1 rings (SSSR count). The van der Waals surface area contributed by atoms with Gasteiger partial charge in [-0.1, -0.05) is 15.9 Å². The maximum absolute atomic E-state index is 10.8. The van der Waals surface area contributed by atoms with Crippen LogP contribution in [-0.4, -0.2) is 11.1 Å². The third-order valence-electron chi connectivity index (χ3n) is 2.15. The van der Waals surface area contributed by atoms with Gasteiger partial charge in [0, 0.05) is 4.47 Å². The molecule has 1 aromatic rings. The van der Waals surface area contributed by atoms with Crippen molar-refractivity contribution in [3.05, 3.63) is 33.8 Å². The standard InChI is InChI=1S/C11H10BrNO2/c1-11(2,6-13)8-3-7(10(14)15)4-9(12)5-8/h3-5H,1-2H3,(H,14,15). The Morgan fingerprint density at radius 3 is 2.53 bits per heavy atom. The fourth-order valence-corrected chi connectivity index (χ4v) is 1.63. The number of nitriles is 1. The monoisotopic (exact) mass is 267 g/mol. The minimum absolute atomic E-state index is 0.183. The number of benzene rings is 1. The van der Waals surface area contributed by atoms with Gasteiger partial charge in [-0.2, -0.15) is 5.26 Å². The van der Waals surface area contributed by atoms with Gasteiger partial charge in [-0.15, -0.1) is 0 Å². The van der Waals surface area contributed by atoms with Crippen molar-refractivity contribution in [2.75, 3.05) is 0 Å². The molecule has 0 aliphatic rings. The number of hydrogen-bond acceptors (Lipinski definition) is 2. The normalized spacial score (nSPS) is 10.8. The van der Waals surface area contributed by atoms with Crippen molar-refractivity contribution in [3.63, 3.8) is 0 Å². The van der Waals surface area contributed by atoms with E-state index >= 15 is 0 Å². The third kappa shape index (κ3) is 2.57. The molecule has 0 saturated carbocycles. The van der Waals surface area contributed by atoms with Crippen molar-refractivity contribution in [3.8, 4) is 6.07 Å². The Bertz CT molecular complexity index is 446. The largest absolute Gasteiger partial charge is 0.478 e. The zero-order valence-corrected chi connectivity index (χ0v) is 10.00. The van der Waals surface area contributed by atoms with Crippen LogP contribution in [0, 0.1) is 11.3 Å². The molecule has 4 heteroatoms. The molecule has 0 amide bonds. The van der Waals surface area contributed by atoms with E-state index in [1.54, 1.807) is 19.9 Å². The highest BCUT2D eigenvalue weighted by molar-refractivity contribution is 9.10. The quantitative estimate of drug-likeness (QED) is 0.896. The molecule has 0 unspecified atom stereocenters. The predicted octanol–water partition coefficient (Wildman–Crippen LogP) is 2.95. The molecule has 0 bridgehead atoms. The molecule has 0 spiro atoms. The van der Waals surface area contributed by atoms with Crippen molar-refractivity contribution < 1.29 is 9.90 Å². The number of carboxylic acids is 1. The summed E-state index contributed by atoms with van der Waals surface area (Å²) in [4.78, 5) is 10.8. The topological polar surface area (TPSA) is 61.1 Å². The van der Waals surface area contributed by atoms with Crippen molar-refractivity contribution in [2.24, 2.45) is 0 Å². The molecule has 0 atom stereocenters. The smallest absolute Gasteiger partial charge is 0.335 e. The average molecular weight is 268 g/mol. The van der Waals surface area contributed by atoms with Crippen LogP contribution in [0.15, 0.2) is 22.7 Å². The van der Waals surface area contributed by atoms with Gasteiger partial charge in [0.25, 0.3) is 0 Å². The first-order chi connectivity index (χ1) is 6.86. The lowest BCUT2D eigenvalue weighted by atomic mass is 9.85. The first-order valence-electron chi connectivity index (χ1n) is 4.32. The van der Waals surface area contributed by atoms with Gasteiger partial charge in [-0.25, -0.2) is 4.79 Å². The minimum atomic E-state index is -0.994. The highest BCUT2D eigenvalue weighted by Gasteiger charge is 2.21. The lowest BCUT2D eigenvalue weighted by molar-refractivity contribution is 0.0696. The summed E-state index contributed by atoms with van der Waals surface area (Å²) < 4.78 is 0.667. The van der Waals surface area contributed by atoms with Gasteiger partial charge >= 0.3 is 5.97 Å². The molecule has 0 saturated heterocycles. The Hall–Kier alpha value is -1.34. The maximum atomic E-state index is 10.8. The number of hydrogen-bond donors (Lipinski definition) is 1. The number of aromatic carboxylic acids is 1. The van der Waals surface area contributed by atoms with Crippen LogP contribution in [0.4, 0.5) is 0 Å². The first kappa shape index (κ1) is 11.7. The Labute approximate surface area is 96.5 Å². The average Bonchev–Trinajstić information content (AvgIpc) is 2.16. The van der Waals surface area contributed by atoms with Crippen LogP contribution >= 0.6 is 15.9 Å². The second-order valence-corrected chi connectivity index (χ2v) is 4.69. The van der Waals surface area contributed by atoms with Gasteiger partial charge in [0.15, 0.2) is 0 Å². The van der Waals surface area contributed by atoms with Crippen LogP contribution in [0.3, 0.4) is 0 Å². The second kappa shape index (κ2) is 4.03. The Morgan fingerprint density at radius 1 is 1.47 bits per heavy atom. The molecule has 0 aliphatic heterocycles. The third-order valence-corrected chi connectivity index (χ3v) is 2.60. The maximum Gasteiger partial charge on any atom is 0.335 e. The van der Waals surface area contributed by atoms with Gasteiger partial charge in [0.2, 0.25) is 0 Å². The zero-order valence-electron chi connectivity index (χ0n) is 8.41.